The third kappa shape index (κ3) is 5.14. The quantitative estimate of drug-likeness (QED) is 0.804. The Balaban J connectivity index is 1.42. The number of nitriles is 1. The minimum absolute atomic E-state index is 0.155. The van der Waals surface area contributed by atoms with Gasteiger partial charge in [-0.1, -0.05) is 0 Å². The third-order valence-electron chi connectivity index (χ3n) is 5.16. The standard InChI is InChI=1S/C21H30N4O2/c1-21(2,3)27-20(26)25-18-9-10-19(25)15-24(14-18)12-4-11-23-17-7-5-16(13-22)6-8-17/h5-8,18-19,23H,4,9-12,14-15H2,1-3H3. The fourth-order valence-electron chi connectivity index (χ4n) is 3.98. The maximum absolute atomic E-state index is 12.5. The predicted molar refractivity (Wildman–Crippen MR) is 106 cm³/mol. The molecule has 146 valence electrons. The van der Waals surface area contributed by atoms with Crippen molar-refractivity contribution in [2.75, 3.05) is 31.5 Å². The van der Waals surface area contributed by atoms with Crippen molar-refractivity contribution in [3.05, 3.63) is 29.8 Å². The largest absolute Gasteiger partial charge is 0.444 e. The van der Waals surface area contributed by atoms with Crippen molar-refractivity contribution in [1.82, 2.24) is 9.80 Å². The molecule has 0 spiro atoms. The van der Waals surface area contributed by atoms with E-state index in [1.54, 1.807) is 0 Å². The van der Waals surface area contributed by atoms with Crippen LogP contribution in [0, 0.1) is 11.3 Å². The Morgan fingerprint density at radius 3 is 2.41 bits per heavy atom. The van der Waals surface area contributed by atoms with Crippen molar-refractivity contribution in [1.29, 1.82) is 5.26 Å². The van der Waals surface area contributed by atoms with Gasteiger partial charge in [0.25, 0.3) is 0 Å². The first kappa shape index (κ1) is 19.5. The van der Waals surface area contributed by atoms with Gasteiger partial charge in [-0.25, -0.2) is 4.79 Å². The van der Waals surface area contributed by atoms with E-state index in [0.29, 0.717) is 5.56 Å². The summed E-state index contributed by atoms with van der Waals surface area (Å²) in [6.45, 7) is 9.56. The lowest BCUT2D eigenvalue weighted by molar-refractivity contribution is -0.00435. The second kappa shape index (κ2) is 8.18. The van der Waals surface area contributed by atoms with E-state index in [1.165, 1.54) is 0 Å². The van der Waals surface area contributed by atoms with Crippen LogP contribution >= 0.6 is 0 Å². The zero-order valence-corrected chi connectivity index (χ0v) is 16.6. The van der Waals surface area contributed by atoms with Crippen molar-refractivity contribution < 1.29 is 9.53 Å². The van der Waals surface area contributed by atoms with Gasteiger partial charge in [0.15, 0.2) is 0 Å². The molecule has 2 heterocycles. The molecule has 1 aromatic rings. The Hall–Kier alpha value is -2.26. The predicted octanol–water partition coefficient (Wildman–Crippen LogP) is 3.44. The van der Waals surface area contributed by atoms with Crippen LogP contribution in [-0.4, -0.2) is 59.8 Å². The summed E-state index contributed by atoms with van der Waals surface area (Å²) < 4.78 is 5.60. The van der Waals surface area contributed by atoms with Gasteiger partial charge in [-0.05, 0) is 70.8 Å². The second-order valence-electron chi connectivity index (χ2n) is 8.50. The van der Waals surface area contributed by atoms with Crippen LogP contribution in [0.15, 0.2) is 24.3 Å². The molecule has 2 fully saturated rings. The number of nitrogens with one attached hydrogen (secondary N) is 1. The maximum Gasteiger partial charge on any atom is 0.410 e. The molecule has 2 unspecified atom stereocenters. The molecule has 6 heteroatoms. The Morgan fingerprint density at radius 2 is 1.85 bits per heavy atom. The lowest BCUT2D eigenvalue weighted by Gasteiger charge is -2.41. The molecule has 1 amide bonds. The van der Waals surface area contributed by atoms with Crippen LogP contribution < -0.4 is 5.32 Å². The molecular formula is C21H30N4O2. The molecule has 2 aliphatic heterocycles. The van der Waals surface area contributed by atoms with E-state index in [-0.39, 0.29) is 18.2 Å². The highest BCUT2D eigenvalue weighted by molar-refractivity contribution is 5.69. The van der Waals surface area contributed by atoms with Crippen molar-refractivity contribution in [2.45, 2.75) is 57.7 Å². The van der Waals surface area contributed by atoms with Gasteiger partial charge >= 0.3 is 6.09 Å². The molecule has 1 N–H and O–H groups in total. The fraction of sp³-hybridized carbons (Fsp3) is 0.619. The first-order valence-corrected chi connectivity index (χ1v) is 9.83. The molecule has 0 saturated carbocycles. The number of fused-ring (bicyclic) bond motifs is 2. The Bertz CT molecular complexity index is 676. The summed E-state index contributed by atoms with van der Waals surface area (Å²) in [4.78, 5) is 17.0. The topological polar surface area (TPSA) is 68.6 Å². The number of ether oxygens (including phenoxy) is 1. The third-order valence-corrected chi connectivity index (χ3v) is 5.16. The summed E-state index contributed by atoms with van der Waals surface area (Å²) in [6.07, 6.45) is 3.04. The molecule has 0 aromatic heterocycles. The van der Waals surface area contributed by atoms with Crippen LogP contribution in [0.1, 0.15) is 45.6 Å². The van der Waals surface area contributed by atoms with Gasteiger partial charge in [-0.15, -0.1) is 0 Å². The highest BCUT2D eigenvalue weighted by Gasteiger charge is 2.43. The number of likely N-dealkylation sites (tertiary alicyclic amines) is 1. The maximum atomic E-state index is 12.5. The van der Waals surface area contributed by atoms with E-state index in [1.807, 2.05) is 49.9 Å². The van der Waals surface area contributed by atoms with Crippen LogP contribution in [0.25, 0.3) is 0 Å². The van der Waals surface area contributed by atoms with Crippen molar-refractivity contribution in [2.24, 2.45) is 0 Å². The van der Waals surface area contributed by atoms with Gasteiger partial charge in [0.2, 0.25) is 0 Å². The van der Waals surface area contributed by atoms with Crippen LogP contribution in [0.5, 0.6) is 0 Å². The number of benzene rings is 1. The van der Waals surface area contributed by atoms with E-state index >= 15 is 0 Å². The highest BCUT2D eigenvalue weighted by atomic mass is 16.6. The molecule has 2 aliphatic rings. The van der Waals surface area contributed by atoms with Crippen LogP contribution in [-0.2, 0) is 4.74 Å². The Labute approximate surface area is 162 Å². The number of anilines is 1. The number of hydrogen-bond donors (Lipinski definition) is 1. The number of hydrogen-bond acceptors (Lipinski definition) is 5. The number of nitrogens with zero attached hydrogens (tertiary/aromatic N) is 3. The average Bonchev–Trinajstić information content (AvgIpc) is 2.89. The molecule has 0 radical (unpaired) electrons. The minimum atomic E-state index is -0.440. The van der Waals surface area contributed by atoms with Gasteiger partial charge in [0.05, 0.1) is 11.6 Å². The van der Waals surface area contributed by atoms with E-state index in [4.69, 9.17) is 10.00 Å². The number of carbonyl (C=O) groups is 1. The molecule has 0 aliphatic carbocycles. The first-order valence-electron chi connectivity index (χ1n) is 9.83. The summed E-state index contributed by atoms with van der Waals surface area (Å²) in [6, 6.07) is 10.2. The summed E-state index contributed by atoms with van der Waals surface area (Å²) in [5.74, 6) is 0. The van der Waals surface area contributed by atoms with Crippen molar-refractivity contribution in [3.8, 4) is 6.07 Å². The molecule has 1 aromatic carbocycles. The fourth-order valence-corrected chi connectivity index (χ4v) is 3.98. The molecule has 2 bridgehead atoms. The van der Waals surface area contributed by atoms with E-state index in [2.05, 4.69) is 16.3 Å². The van der Waals surface area contributed by atoms with Gasteiger partial charge in [0.1, 0.15) is 5.60 Å². The Morgan fingerprint density at radius 1 is 1.22 bits per heavy atom. The highest BCUT2D eigenvalue weighted by Crippen LogP contribution is 2.31. The number of carbonyl (C=O) groups excluding carboxylic acids is 1. The Kier molecular flexibility index (Phi) is 5.91. The van der Waals surface area contributed by atoms with Crippen LogP contribution in [0.3, 0.4) is 0 Å². The minimum Gasteiger partial charge on any atom is -0.444 e. The van der Waals surface area contributed by atoms with E-state index < -0.39 is 5.60 Å². The second-order valence-corrected chi connectivity index (χ2v) is 8.50. The zero-order valence-electron chi connectivity index (χ0n) is 16.6. The lowest BCUT2D eigenvalue weighted by atomic mass is 10.1. The van der Waals surface area contributed by atoms with Crippen molar-refractivity contribution >= 4 is 11.8 Å². The van der Waals surface area contributed by atoms with Crippen LogP contribution in [0.2, 0.25) is 0 Å². The zero-order chi connectivity index (χ0) is 19.4. The van der Waals surface area contributed by atoms with Crippen molar-refractivity contribution in [3.63, 3.8) is 0 Å². The number of piperazine rings is 1. The number of rotatable bonds is 5. The molecule has 2 saturated heterocycles. The number of amides is 1. The van der Waals surface area contributed by atoms with E-state index in [9.17, 15) is 4.79 Å². The summed E-state index contributed by atoms with van der Waals surface area (Å²) >= 11 is 0. The normalized spacial score (nSPS) is 22.4. The molecule has 6 nitrogen and oxygen atoms in total. The summed E-state index contributed by atoms with van der Waals surface area (Å²) in [7, 11) is 0. The molecular weight excluding hydrogens is 340 g/mol. The average molecular weight is 370 g/mol. The molecule has 2 atom stereocenters. The smallest absolute Gasteiger partial charge is 0.410 e. The van der Waals surface area contributed by atoms with Gasteiger partial charge in [-0.3, -0.25) is 9.80 Å². The summed E-state index contributed by atoms with van der Waals surface area (Å²) in [5.41, 5.74) is 1.29. The van der Waals surface area contributed by atoms with E-state index in [0.717, 1.165) is 51.1 Å². The first-order chi connectivity index (χ1) is 12.9. The van der Waals surface area contributed by atoms with Gasteiger partial charge in [-0.2, -0.15) is 5.26 Å². The van der Waals surface area contributed by atoms with Crippen LogP contribution in [0.4, 0.5) is 10.5 Å². The van der Waals surface area contributed by atoms with Gasteiger partial charge < -0.3 is 10.1 Å². The molecule has 3 rings (SSSR count). The monoisotopic (exact) mass is 370 g/mol. The SMILES string of the molecule is CC(C)(C)OC(=O)N1C2CCC1CN(CCCNc1ccc(C#N)cc1)C2. The van der Waals surface area contributed by atoms with Gasteiger partial charge in [0, 0.05) is 37.4 Å². The lowest BCUT2D eigenvalue weighted by Crippen LogP contribution is -2.56. The summed E-state index contributed by atoms with van der Waals surface area (Å²) in [5, 5.41) is 12.2. The molecule has 27 heavy (non-hydrogen) atoms.